The van der Waals surface area contributed by atoms with Crippen molar-refractivity contribution >= 4 is 29.0 Å². The van der Waals surface area contributed by atoms with Gasteiger partial charge in [0.15, 0.2) is 5.82 Å². The van der Waals surface area contributed by atoms with Gasteiger partial charge in [-0.15, -0.1) is 0 Å². The molecule has 0 saturated heterocycles. The van der Waals surface area contributed by atoms with Crippen molar-refractivity contribution in [3.63, 3.8) is 0 Å². The predicted octanol–water partition coefficient (Wildman–Crippen LogP) is 3.41. The molecule has 1 atom stereocenters. The van der Waals surface area contributed by atoms with Crippen LogP contribution in [0.1, 0.15) is 31.7 Å². The van der Waals surface area contributed by atoms with Crippen LogP contribution in [0.3, 0.4) is 0 Å². The van der Waals surface area contributed by atoms with Gasteiger partial charge in [-0.1, -0.05) is 37.3 Å². The van der Waals surface area contributed by atoms with Gasteiger partial charge in [0, 0.05) is 6.04 Å². The summed E-state index contributed by atoms with van der Waals surface area (Å²) >= 11 is 6.00. The van der Waals surface area contributed by atoms with Crippen molar-refractivity contribution in [2.45, 2.75) is 51.0 Å². The summed E-state index contributed by atoms with van der Waals surface area (Å²) in [5.41, 5.74) is 1.79. The smallest absolute Gasteiger partial charge is 0.247 e. The highest BCUT2D eigenvalue weighted by Gasteiger charge is 2.43. The van der Waals surface area contributed by atoms with E-state index in [0.717, 1.165) is 12.8 Å². The second-order valence-corrected chi connectivity index (χ2v) is 7.08. The van der Waals surface area contributed by atoms with Crippen LogP contribution in [-0.2, 0) is 16.1 Å². The molecule has 0 spiro atoms. The molecule has 1 fully saturated rings. The van der Waals surface area contributed by atoms with Crippen molar-refractivity contribution in [1.82, 2.24) is 9.97 Å². The van der Waals surface area contributed by atoms with Gasteiger partial charge >= 0.3 is 0 Å². The molecule has 1 aromatic carbocycles. The zero-order chi connectivity index (χ0) is 18.1. The summed E-state index contributed by atoms with van der Waals surface area (Å²) in [4.78, 5) is 22.9. The zero-order valence-corrected chi connectivity index (χ0v) is 15.3. The van der Waals surface area contributed by atoms with E-state index in [-0.39, 0.29) is 29.4 Å². The Morgan fingerprint density at radius 3 is 2.81 bits per heavy atom. The number of ether oxygens (including phenoxy) is 1. The van der Waals surface area contributed by atoms with Crippen LogP contribution >= 0.6 is 11.6 Å². The average molecular weight is 373 g/mol. The minimum Gasteiger partial charge on any atom is -0.373 e. The number of benzene rings is 1. The van der Waals surface area contributed by atoms with Gasteiger partial charge in [0.1, 0.15) is 11.7 Å². The Hall–Kier alpha value is -2.18. The van der Waals surface area contributed by atoms with Gasteiger partial charge in [0.2, 0.25) is 11.2 Å². The number of aromatic nitrogens is 2. The number of halogens is 1. The molecule has 0 unspecified atom stereocenters. The van der Waals surface area contributed by atoms with Crippen molar-refractivity contribution in [2.75, 3.05) is 10.2 Å². The summed E-state index contributed by atoms with van der Waals surface area (Å²) in [5, 5.41) is 3.07. The molecule has 0 bridgehead atoms. The van der Waals surface area contributed by atoms with E-state index in [2.05, 4.69) is 32.3 Å². The molecule has 1 N–H and O–H groups in total. The molecule has 0 radical (unpaired) electrons. The molecule has 1 aromatic heterocycles. The quantitative estimate of drug-likeness (QED) is 0.814. The SMILES string of the molecule is CC[C@@H]1C(=O)Nc2cnc(Cl)nc2N1C1CC(OCc2ccccc2)C1. The maximum Gasteiger partial charge on any atom is 0.247 e. The number of amides is 1. The number of hydrogen-bond acceptors (Lipinski definition) is 5. The number of carbonyl (C=O) groups excluding carboxylic acids is 1. The zero-order valence-electron chi connectivity index (χ0n) is 14.6. The lowest BCUT2D eigenvalue weighted by Gasteiger charge is -2.48. The second kappa shape index (κ2) is 7.21. The standard InChI is InChI=1S/C19H21ClN4O2/c1-2-16-18(25)22-15-10-21-19(20)23-17(15)24(16)13-8-14(9-13)26-11-12-6-4-3-5-7-12/h3-7,10,13-14,16H,2,8-9,11H2,1H3,(H,22,25)/t13?,14?,16-/m1/s1. The van der Waals surface area contributed by atoms with Crippen LogP contribution < -0.4 is 10.2 Å². The molecule has 1 amide bonds. The van der Waals surface area contributed by atoms with E-state index in [1.54, 1.807) is 6.20 Å². The first-order valence-electron chi connectivity index (χ1n) is 8.93. The first-order valence-corrected chi connectivity index (χ1v) is 9.30. The van der Waals surface area contributed by atoms with Gasteiger partial charge in [-0.05, 0) is 36.4 Å². The Labute approximate surface area is 157 Å². The largest absolute Gasteiger partial charge is 0.373 e. The molecule has 1 aliphatic heterocycles. The Morgan fingerprint density at radius 1 is 1.31 bits per heavy atom. The third-order valence-electron chi connectivity index (χ3n) is 5.06. The fourth-order valence-corrected chi connectivity index (χ4v) is 3.75. The number of nitrogens with one attached hydrogen (secondary N) is 1. The Morgan fingerprint density at radius 2 is 2.08 bits per heavy atom. The van der Waals surface area contributed by atoms with Crippen LogP contribution in [0.4, 0.5) is 11.5 Å². The first-order chi connectivity index (χ1) is 12.7. The van der Waals surface area contributed by atoms with E-state index in [9.17, 15) is 4.79 Å². The molecule has 136 valence electrons. The maximum absolute atomic E-state index is 12.4. The summed E-state index contributed by atoms with van der Waals surface area (Å²) < 4.78 is 6.01. The number of carbonyl (C=O) groups is 1. The minimum absolute atomic E-state index is 0.0143. The third kappa shape index (κ3) is 3.27. The molecular weight excluding hydrogens is 352 g/mol. The highest BCUT2D eigenvalue weighted by molar-refractivity contribution is 6.28. The molecule has 2 heterocycles. The highest BCUT2D eigenvalue weighted by atomic mass is 35.5. The second-order valence-electron chi connectivity index (χ2n) is 6.74. The molecule has 1 saturated carbocycles. The summed E-state index contributed by atoms with van der Waals surface area (Å²) in [7, 11) is 0. The lowest BCUT2D eigenvalue weighted by molar-refractivity contribution is -0.118. The van der Waals surface area contributed by atoms with Crippen LogP contribution in [0, 0.1) is 0 Å². The van der Waals surface area contributed by atoms with Gasteiger partial charge in [0.05, 0.1) is 18.9 Å². The normalized spacial score (nSPS) is 24.6. The number of anilines is 2. The van der Waals surface area contributed by atoms with Crippen LogP contribution in [-0.4, -0.2) is 34.1 Å². The molecule has 4 rings (SSSR count). The van der Waals surface area contributed by atoms with E-state index in [1.807, 2.05) is 25.1 Å². The topological polar surface area (TPSA) is 67.4 Å². The number of fused-ring (bicyclic) bond motifs is 1. The van der Waals surface area contributed by atoms with Crippen LogP contribution in [0.5, 0.6) is 0 Å². The summed E-state index contributed by atoms with van der Waals surface area (Å²) in [6.07, 6.45) is 4.22. The Bertz CT molecular complexity index is 795. The summed E-state index contributed by atoms with van der Waals surface area (Å²) in [6, 6.07) is 10.1. The Balaban J connectivity index is 1.45. The molecule has 26 heavy (non-hydrogen) atoms. The number of nitrogens with zero attached hydrogens (tertiary/aromatic N) is 3. The van der Waals surface area contributed by atoms with E-state index in [0.29, 0.717) is 24.5 Å². The molecule has 6 nitrogen and oxygen atoms in total. The maximum atomic E-state index is 12.4. The van der Waals surface area contributed by atoms with Gasteiger partial charge in [-0.25, -0.2) is 4.98 Å². The Kier molecular flexibility index (Phi) is 4.78. The van der Waals surface area contributed by atoms with Gasteiger partial charge in [0.25, 0.3) is 0 Å². The van der Waals surface area contributed by atoms with E-state index in [1.165, 1.54) is 5.56 Å². The van der Waals surface area contributed by atoms with Gasteiger partial charge in [-0.3, -0.25) is 4.79 Å². The average Bonchev–Trinajstić information content (AvgIpc) is 2.61. The number of hydrogen-bond donors (Lipinski definition) is 1. The van der Waals surface area contributed by atoms with Crippen molar-refractivity contribution in [3.8, 4) is 0 Å². The third-order valence-corrected chi connectivity index (χ3v) is 5.24. The van der Waals surface area contributed by atoms with E-state index >= 15 is 0 Å². The fraction of sp³-hybridized carbons (Fsp3) is 0.421. The van der Waals surface area contributed by atoms with Crippen molar-refractivity contribution in [3.05, 3.63) is 47.4 Å². The molecular formula is C19H21ClN4O2. The summed E-state index contributed by atoms with van der Waals surface area (Å²) in [6.45, 7) is 2.62. The number of rotatable bonds is 5. The molecule has 2 aromatic rings. The summed E-state index contributed by atoms with van der Waals surface area (Å²) in [5.74, 6) is 0.697. The lowest BCUT2D eigenvalue weighted by Crippen LogP contribution is -2.58. The van der Waals surface area contributed by atoms with Gasteiger partial charge < -0.3 is 15.0 Å². The predicted molar refractivity (Wildman–Crippen MR) is 100 cm³/mol. The van der Waals surface area contributed by atoms with Gasteiger partial charge in [-0.2, -0.15) is 4.98 Å². The minimum atomic E-state index is -0.242. The van der Waals surface area contributed by atoms with Crippen molar-refractivity contribution in [1.29, 1.82) is 0 Å². The monoisotopic (exact) mass is 372 g/mol. The highest BCUT2D eigenvalue weighted by Crippen LogP contribution is 2.39. The molecule has 2 aliphatic rings. The molecule has 1 aliphatic carbocycles. The molecule has 7 heteroatoms. The van der Waals surface area contributed by atoms with Crippen LogP contribution in [0.2, 0.25) is 5.28 Å². The van der Waals surface area contributed by atoms with Crippen LogP contribution in [0.25, 0.3) is 0 Å². The first kappa shape index (κ1) is 17.2. The van der Waals surface area contributed by atoms with Crippen molar-refractivity contribution in [2.24, 2.45) is 0 Å². The van der Waals surface area contributed by atoms with Crippen LogP contribution in [0.15, 0.2) is 36.5 Å². The fourth-order valence-electron chi connectivity index (χ4n) is 3.63. The van der Waals surface area contributed by atoms with E-state index < -0.39 is 0 Å². The lowest BCUT2D eigenvalue weighted by atomic mass is 9.85. The van der Waals surface area contributed by atoms with E-state index in [4.69, 9.17) is 16.3 Å². The van der Waals surface area contributed by atoms with Crippen molar-refractivity contribution < 1.29 is 9.53 Å².